The second kappa shape index (κ2) is 8.49. The number of aliphatic hydroxyl groups is 1. The molecule has 0 aliphatic rings. The largest absolute Gasteiger partial charge is 0.487 e. The number of hydrogen-bond acceptors (Lipinski definition) is 5. The van der Waals surface area contributed by atoms with E-state index in [2.05, 4.69) is 22.9 Å². The molecule has 0 spiro atoms. The van der Waals surface area contributed by atoms with Crippen LogP contribution in [0.1, 0.15) is 31.9 Å². The zero-order valence-electron chi connectivity index (χ0n) is 11.5. The highest BCUT2D eigenvalue weighted by Gasteiger charge is 2.23. The van der Waals surface area contributed by atoms with Crippen LogP contribution in [0.15, 0.2) is 16.6 Å². The van der Waals surface area contributed by atoms with Crippen molar-refractivity contribution < 1.29 is 14.8 Å². The fourth-order valence-electron chi connectivity index (χ4n) is 1.68. The first kappa shape index (κ1) is 17.3. The molecular weight excluding hydrogens is 346 g/mol. The lowest BCUT2D eigenvalue weighted by atomic mass is 10.1. The van der Waals surface area contributed by atoms with Crippen LogP contribution < -0.4 is 4.74 Å². The van der Waals surface area contributed by atoms with Gasteiger partial charge in [0, 0.05) is 16.1 Å². The second-order valence-electron chi connectivity index (χ2n) is 4.18. The Kier molecular flexibility index (Phi) is 7.32. The molecule has 1 aromatic rings. The average molecular weight is 364 g/mol. The Balaban J connectivity index is 2.92. The summed E-state index contributed by atoms with van der Waals surface area (Å²) < 4.78 is 6.11. The van der Waals surface area contributed by atoms with E-state index in [0.29, 0.717) is 16.6 Å². The maximum absolute atomic E-state index is 11.1. The van der Waals surface area contributed by atoms with Crippen LogP contribution in [0.25, 0.3) is 0 Å². The molecule has 112 valence electrons. The maximum Gasteiger partial charge on any atom is 0.312 e. The molecule has 1 aromatic carbocycles. The predicted molar refractivity (Wildman–Crippen MR) is 84.5 cm³/mol. The van der Waals surface area contributed by atoms with E-state index in [1.54, 1.807) is 24.8 Å². The molecule has 20 heavy (non-hydrogen) atoms. The number of aliphatic hydroxyl groups excluding tert-OH is 1. The van der Waals surface area contributed by atoms with E-state index in [0.717, 1.165) is 17.9 Å². The van der Waals surface area contributed by atoms with Crippen molar-refractivity contribution in [2.24, 2.45) is 0 Å². The second-order valence-corrected chi connectivity index (χ2v) is 6.48. The van der Waals surface area contributed by atoms with Gasteiger partial charge in [-0.15, -0.1) is 0 Å². The van der Waals surface area contributed by atoms with E-state index >= 15 is 0 Å². The number of thioether (sulfide) groups is 1. The third-order valence-corrected chi connectivity index (χ3v) is 4.04. The number of hydrogen-bond donors (Lipinski definition) is 1. The van der Waals surface area contributed by atoms with Crippen molar-refractivity contribution in [3.05, 3.63) is 32.3 Å². The van der Waals surface area contributed by atoms with E-state index in [9.17, 15) is 15.2 Å². The van der Waals surface area contributed by atoms with Crippen molar-refractivity contribution in [2.75, 3.05) is 18.1 Å². The Morgan fingerprint density at radius 3 is 2.80 bits per heavy atom. The summed E-state index contributed by atoms with van der Waals surface area (Å²) in [7, 11) is 0. The maximum atomic E-state index is 11.1. The van der Waals surface area contributed by atoms with Gasteiger partial charge in [-0.2, -0.15) is 11.8 Å². The van der Waals surface area contributed by atoms with Crippen LogP contribution >= 0.6 is 27.7 Å². The molecular formula is C13H18BrNO4S. The molecule has 0 radical (unpaired) electrons. The van der Waals surface area contributed by atoms with Gasteiger partial charge in [0.15, 0.2) is 0 Å². The van der Waals surface area contributed by atoms with E-state index in [4.69, 9.17) is 4.74 Å². The molecule has 1 rings (SSSR count). The molecule has 7 heteroatoms. The summed E-state index contributed by atoms with van der Waals surface area (Å²) in [6.07, 6.45) is -0.0171. The molecule has 0 heterocycles. The van der Waals surface area contributed by atoms with Gasteiger partial charge in [-0.3, -0.25) is 10.1 Å². The number of ether oxygens (including phenoxy) is 1. The Bertz CT molecular complexity index is 468. The third-order valence-electron chi connectivity index (χ3n) is 2.59. The van der Waals surface area contributed by atoms with E-state index < -0.39 is 11.0 Å². The number of nitro groups is 1. The molecule has 0 unspecified atom stereocenters. The Hall–Kier alpha value is -0.790. The predicted octanol–water partition coefficient (Wildman–Crippen LogP) is 3.93. The zero-order valence-corrected chi connectivity index (χ0v) is 13.9. The number of benzene rings is 1. The van der Waals surface area contributed by atoms with E-state index in [1.165, 1.54) is 6.07 Å². The van der Waals surface area contributed by atoms with Crippen LogP contribution in [-0.2, 0) is 0 Å². The molecule has 0 saturated carbocycles. The van der Waals surface area contributed by atoms with E-state index in [1.807, 2.05) is 0 Å². The average Bonchev–Trinajstić information content (AvgIpc) is 2.38. The first-order valence-electron chi connectivity index (χ1n) is 6.33. The van der Waals surface area contributed by atoms with Crippen LogP contribution in [0.4, 0.5) is 5.69 Å². The Morgan fingerprint density at radius 2 is 2.25 bits per heavy atom. The molecule has 0 fully saturated rings. The molecule has 0 aliphatic carbocycles. The first-order valence-corrected chi connectivity index (χ1v) is 8.28. The lowest BCUT2D eigenvalue weighted by molar-refractivity contribution is -0.386. The summed E-state index contributed by atoms with van der Waals surface area (Å²) in [4.78, 5) is 10.6. The minimum atomic E-state index is -0.828. The van der Waals surface area contributed by atoms with Crippen LogP contribution in [0.5, 0.6) is 5.75 Å². The summed E-state index contributed by atoms with van der Waals surface area (Å²) in [5.41, 5.74) is 0.299. The summed E-state index contributed by atoms with van der Waals surface area (Å²) in [5, 5.41) is 20.9. The molecule has 0 saturated heterocycles. The van der Waals surface area contributed by atoms with Crippen molar-refractivity contribution in [1.82, 2.24) is 0 Å². The molecule has 0 aliphatic heterocycles. The molecule has 0 aromatic heterocycles. The van der Waals surface area contributed by atoms with E-state index in [-0.39, 0.29) is 11.4 Å². The van der Waals surface area contributed by atoms with Gasteiger partial charge in [0.1, 0.15) is 0 Å². The molecule has 1 atom stereocenters. The number of nitro benzene ring substituents is 1. The van der Waals surface area contributed by atoms with Gasteiger partial charge in [0.05, 0.1) is 17.6 Å². The van der Waals surface area contributed by atoms with Crippen molar-refractivity contribution in [3.63, 3.8) is 0 Å². The zero-order chi connectivity index (χ0) is 15.1. The highest BCUT2D eigenvalue weighted by molar-refractivity contribution is 9.10. The van der Waals surface area contributed by atoms with Gasteiger partial charge in [-0.25, -0.2) is 0 Å². The fourth-order valence-corrected chi connectivity index (χ4v) is 2.76. The highest BCUT2D eigenvalue weighted by Crippen LogP contribution is 2.37. The normalized spacial score (nSPS) is 12.2. The molecule has 0 amide bonds. The van der Waals surface area contributed by atoms with Gasteiger partial charge in [-0.05, 0) is 30.9 Å². The molecule has 1 N–H and O–H groups in total. The van der Waals surface area contributed by atoms with Crippen molar-refractivity contribution in [2.45, 2.75) is 26.4 Å². The van der Waals surface area contributed by atoms with Gasteiger partial charge in [0.25, 0.3) is 0 Å². The van der Waals surface area contributed by atoms with Crippen LogP contribution in [0.2, 0.25) is 0 Å². The number of nitrogens with zero attached hydrogens (tertiary/aromatic N) is 1. The first-order chi connectivity index (χ1) is 9.47. The summed E-state index contributed by atoms with van der Waals surface area (Å²) >= 11 is 5.01. The van der Waals surface area contributed by atoms with Gasteiger partial charge in [0.2, 0.25) is 5.75 Å². The van der Waals surface area contributed by atoms with Crippen LogP contribution in [0.3, 0.4) is 0 Å². The van der Waals surface area contributed by atoms with Gasteiger partial charge in [-0.1, -0.05) is 22.9 Å². The lowest BCUT2D eigenvalue weighted by Crippen LogP contribution is -2.06. The van der Waals surface area contributed by atoms with Crippen LogP contribution in [-0.4, -0.2) is 28.1 Å². The summed E-state index contributed by atoms with van der Waals surface area (Å²) in [6, 6.07) is 3.04. The molecule has 5 nitrogen and oxygen atoms in total. The standard InChI is InChI=1S/C13H18BrNO4S/c1-3-20-6-4-5-19-13-11(9(2)16)7-10(14)8-12(13)15(17)18/h7-9,16H,3-6H2,1-2H3/t9-/m0/s1. The summed E-state index contributed by atoms with van der Waals surface area (Å²) in [5.74, 6) is 2.15. The van der Waals surface area contributed by atoms with Gasteiger partial charge < -0.3 is 9.84 Å². The summed E-state index contributed by atoms with van der Waals surface area (Å²) in [6.45, 7) is 4.04. The minimum absolute atomic E-state index is 0.126. The lowest BCUT2D eigenvalue weighted by Gasteiger charge is -2.14. The van der Waals surface area contributed by atoms with Crippen molar-refractivity contribution in [1.29, 1.82) is 0 Å². The van der Waals surface area contributed by atoms with Crippen LogP contribution in [0, 0.1) is 10.1 Å². The number of rotatable bonds is 8. The highest BCUT2D eigenvalue weighted by atomic mass is 79.9. The fraction of sp³-hybridized carbons (Fsp3) is 0.538. The Morgan fingerprint density at radius 1 is 1.55 bits per heavy atom. The van der Waals surface area contributed by atoms with Gasteiger partial charge >= 0.3 is 5.69 Å². The topological polar surface area (TPSA) is 72.6 Å². The monoisotopic (exact) mass is 363 g/mol. The quantitative estimate of drug-likeness (QED) is 0.430. The third kappa shape index (κ3) is 4.96. The van der Waals surface area contributed by atoms with Crippen molar-refractivity contribution >= 4 is 33.4 Å². The van der Waals surface area contributed by atoms with Crippen molar-refractivity contribution in [3.8, 4) is 5.75 Å². The Labute approximate surface area is 131 Å². The minimum Gasteiger partial charge on any atom is -0.487 e. The number of halogens is 1. The SMILES string of the molecule is CCSCCCOc1c([C@H](C)O)cc(Br)cc1[N+](=O)[O-]. The molecule has 0 bridgehead atoms. The smallest absolute Gasteiger partial charge is 0.312 e.